The Hall–Kier alpha value is 0.0700. The number of rotatable bonds is 21. The Morgan fingerprint density at radius 3 is 1.06 bits per heavy atom. The van der Waals surface area contributed by atoms with Gasteiger partial charge in [-0.3, -0.25) is 0 Å². The van der Waals surface area contributed by atoms with E-state index in [-0.39, 0.29) is 40.1 Å². The number of nitrogens with zero attached hydrogens (tertiary/aromatic N) is 1. The van der Waals surface area contributed by atoms with Crippen LogP contribution in [0.1, 0.15) is 135 Å². The number of pyridine rings is 1. The van der Waals surface area contributed by atoms with Gasteiger partial charge in [0.1, 0.15) is 6.54 Å². The van der Waals surface area contributed by atoms with E-state index in [2.05, 4.69) is 42.1 Å². The number of hydrogen-bond donors (Lipinski definition) is 1. The Balaban J connectivity index is -0.00000261. The highest BCUT2D eigenvalue weighted by Gasteiger charge is 1.98. The van der Waals surface area contributed by atoms with Crippen molar-refractivity contribution in [3.8, 4) is 0 Å². The number of unbranched alkanes of at least 4 members (excludes halogenated alkanes) is 19. The zero-order chi connectivity index (χ0) is 20.0. The zero-order valence-electron chi connectivity index (χ0n) is 20.7. The Morgan fingerprint density at radius 2 is 0.742 bits per heavy atom. The molecule has 1 heterocycles. The highest BCUT2D eigenvalue weighted by molar-refractivity contribution is 8.93. The first-order valence-corrected chi connectivity index (χ1v) is 12.9. The summed E-state index contributed by atoms with van der Waals surface area (Å²) >= 11 is 0. The lowest BCUT2D eigenvalue weighted by Crippen LogP contribution is -3.00. The molecule has 0 aliphatic rings. The summed E-state index contributed by atoms with van der Waals surface area (Å²) in [5.74, 6) is 0. The van der Waals surface area contributed by atoms with Crippen LogP contribution in [0.4, 0.5) is 0 Å². The molecule has 1 aromatic rings. The molecule has 4 heteroatoms. The fraction of sp³-hybridized carbons (Fsp3) is 0.815. The van der Waals surface area contributed by atoms with E-state index in [0.29, 0.717) is 0 Å². The smallest absolute Gasteiger partial charge is 0.168 e. The van der Waals surface area contributed by atoms with Gasteiger partial charge in [-0.1, -0.05) is 129 Å². The minimum Gasteiger partial charge on any atom is -1.00 e. The zero-order valence-corrected chi connectivity index (χ0v) is 24.0. The van der Waals surface area contributed by atoms with E-state index in [1.54, 1.807) is 0 Å². The molecule has 0 spiro atoms. The molecule has 0 unspecified atom stereocenters. The van der Waals surface area contributed by atoms with Crippen molar-refractivity contribution in [3.05, 3.63) is 30.6 Å². The number of hydrogen-bond acceptors (Lipinski definition) is 1. The topological polar surface area (TPSA) is 38.9 Å². The second-order valence-electron chi connectivity index (χ2n) is 8.83. The lowest BCUT2D eigenvalue weighted by molar-refractivity contribution is -0.697. The van der Waals surface area contributed by atoms with Gasteiger partial charge in [-0.25, -0.2) is 4.57 Å². The molecule has 1 rings (SSSR count). The monoisotopic (exact) mass is 564 g/mol. The van der Waals surface area contributed by atoms with Crippen LogP contribution in [0.2, 0.25) is 0 Å². The molecular formula is C27H54Br2N2. The van der Waals surface area contributed by atoms with Crippen molar-refractivity contribution in [3.63, 3.8) is 0 Å². The Morgan fingerprint density at radius 1 is 0.452 bits per heavy atom. The van der Waals surface area contributed by atoms with E-state index in [1.807, 2.05) is 0 Å². The van der Waals surface area contributed by atoms with Gasteiger partial charge in [0.05, 0.1) is 0 Å². The van der Waals surface area contributed by atoms with Crippen molar-refractivity contribution in [2.45, 2.75) is 142 Å². The first-order chi connectivity index (χ1) is 13.9. The molecular weight excluding hydrogens is 512 g/mol. The van der Waals surface area contributed by atoms with Crippen LogP contribution < -0.4 is 27.7 Å². The molecule has 0 aliphatic heterocycles. The molecule has 0 amide bonds. The summed E-state index contributed by atoms with van der Waals surface area (Å²) < 4.78 is 2.30. The summed E-state index contributed by atoms with van der Waals surface area (Å²) in [6.45, 7) is 3.48. The molecule has 0 bridgehead atoms. The van der Waals surface area contributed by atoms with Crippen LogP contribution in [0.3, 0.4) is 0 Å². The SMILES string of the molecule is Br.CCCCCCCCCCCCCCCCCCCCCC[n+]1ccccc1.N.[Br-]. The van der Waals surface area contributed by atoms with Crippen molar-refractivity contribution in [2.75, 3.05) is 0 Å². The maximum Gasteiger partial charge on any atom is 0.168 e. The van der Waals surface area contributed by atoms with Crippen LogP contribution in [-0.2, 0) is 6.54 Å². The fourth-order valence-corrected chi connectivity index (χ4v) is 4.13. The Labute approximate surface area is 216 Å². The second-order valence-corrected chi connectivity index (χ2v) is 8.83. The van der Waals surface area contributed by atoms with Crippen LogP contribution in [-0.4, -0.2) is 0 Å². The molecule has 0 radical (unpaired) electrons. The molecule has 0 fully saturated rings. The average Bonchev–Trinajstić information content (AvgIpc) is 2.73. The summed E-state index contributed by atoms with van der Waals surface area (Å²) in [6.07, 6.45) is 33.4. The molecule has 0 aliphatic carbocycles. The standard InChI is InChI=1S/C27H50N.2BrH.H3N/c1-2-3-4-5-6-7-8-9-10-11-12-13-14-15-16-17-18-19-20-22-25-28-26-23-21-24-27-28;;;/h21,23-24,26-27H,2-20,22,25H2,1H3;2*1H;1H3/q+1;;;/p-1. The first-order valence-electron chi connectivity index (χ1n) is 12.9. The van der Waals surface area contributed by atoms with Gasteiger partial charge in [0.25, 0.3) is 0 Å². The highest BCUT2D eigenvalue weighted by Crippen LogP contribution is 2.14. The number of aryl methyl sites for hydroxylation is 1. The van der Waals surface area contributed by atoms with Crippen molar-refractivity contribution < 1.29 is 21.5 Å². The predicted molar refractivity (Wildman–Crippen MR) is 140 cm³/mol. The summed E-state index contributed by atoms with van der Waals surface area (Å²) in [7, 11) is 0. The minimum atomic E-state index is 0. The average molecular weight is 567 g/mol. The van der Waals surface area contributed by atoms with Crippen LogP contribution in [0, 0.1) is 0 Å². The fourth-order valence-electron chi connectivity index (χ4n) is 4.13. The van der Waals surface area contributed by atoms with Crippen LogP contribution in [0.5, 0.6) is 0 Å². The van der Waals surface area contributed by atoms with Crippen LogP contribution in [0.15, 0.2) is 30.6 Å². The van der Waals surface area contributed by atoms with Crippen molar-refractivity contribution >= 4 is 17.0 Å². The quantitative estimate of drug-likeness (QED) is 0.133. The lowest BCUT2D eigenvalue weighted by atomic mass is 10.0. The first kappa shape index (κ1) is 35.7. The molecule has 31 heavy (non-hydrogen) atoms. The van der Waals surface area contributed by atoms with Crippen molar-refractivity contribution in [1.82, 2.24) is 6.15 Å². The third-order valence-electron chi connectivity index (χ3n) is 6.05. The molecule has 0 aromatic carbocycles. The van der Waals surface area contributed by atoms with Gasteiger partial charge in [0.15, 0.2) is 12.4 Å². The summed E-state index contributed by atoms with van der Waals surface area (Å²) in [4.78, 5) is 0. The van der Waals surface area contributed by atoms with Gasteiger partial charge in [-0.2, -0.15) is 0 Å². The number of aromatic nitrogens is 1. The normalized spacial score (nSPS) is 10.1. The number of halogens is 2. The molecule has 2 nitrogen and oxygen atoms in total. The lowest BCUT2D eigenvalue weighted by Gasteiger charge is -2.04. The molecule has 3 N–H and O–H groups in total. The van der Waals surface area contributed by atoms with E-state index >= 15 is 0 Å². The maximum absolute atomic E-state index is 2.30. The molecule has 0 atom stereocenters. The van der Waals surface area contributed by atoms with Gasteiger partial charge >= 0.3 is 0 Å². The van der Waals surface area contributed by atoms with E-state index < -0.39 is 0 Å². The van der Waals surface area contributed by atoms with Gasteiger partial charge in [-0.15, -0.1) is 17.0 Å². The van der Waals surface area contributed by atoms with Crippen LogP contribution in [0.25, 0.3) is 0 Å². The summed E-state index contributed by atoms with van der Waals surface area (Å²) in [6, 6.07) is 6.33. The van der Waals surface area contributed by atoms with Gasteiger partial charge in [-0.05, 0) is 6.42 Å². The van der Waals surface area contributed by atoms with Gasteiger partial charge in [0, 0.05) is 18.6 Å². The summed E-state index contributed by atoms with van der Waals surface area (Å²) in [5, 5.41) is 0. The van der Waals surface area contributed by atoms with Crippen LogP contribution >= 0.6 is 17.0 Å². The maximum atomic E-state index is 2.30. The third-order valence-corrected chi connectivity index (χ3v) is 6.05. The third kappa shape index (κ3) is 26.2. The molecule has 1 aromatic heterocycles. The largest absolute Gasteiger partial charge is 1.00 e. The second kappa shape index (κ2) is 30.1. The highest BCUT2D eigenvalue weighted by atomic mass is 79.9. The summed E-state index contributed by atoms with van der Waals surface area (Å²) in [5.41, 5.74) is 0. The van der Waals surface area contributed by atoms with Gasteiger partial charge < -0.3 is 23.1 Å². The van der Waals surface area contributed by atoms with E-state index in [4.69, 9.17) is 0 Å². The van der Waals surface area contributed by atoms with E-state index in [9.17, 15) is 0 Å². The van der Waals surface area contributed by atoms with E-state index in [1.165, 1.54) is 135 Å². The molecule has 0 saturated heterocycles. The van der Waals surface area contributed by atoms with Crippen molar-refractivity contribution in [1.29, 1.82) is 0 Å². The predicted octanol–water partition coefficient (Wildman–Crippen LogP) is 6.54. The van der Waals surface area contributed by atoms with Gasteiger partial charge in [0.2, 0.25) is 0 Å². The molecule has 0 saturated carbocycles. The molecule has 186 valence electrons. The van der Waals surface area contributed by atoms with Crippen molar-refractivity contribution in [2.24, 2.45) is 0 Å². The minimum absolute atomic E-state index is 0. The Kier molecular flexibility index (Phi) is 34.6. The Bertz CT molecular complexity index is 415. The van der Waals surface area contributed by atoms with E-state index in [0.717, 1.165) is 0 Å².